The van der Waals surface area contributed by atoms with Gasteiger partial charge < -0.3 is 15.3 Å². The molecule has 4 fully saturated rings. The van der Waals surface area contributed by atoms with Crippen molar-refractivity contribution >= 4 is 11.8 Å². The minimum atomic E-state index is -0.683. The van der Waals surface area contributed by atoms with Gasteiger partial charge in [-0.15, -0.1) is 0 Å². The number of aliphatic hydroxyl groups excluding tert-OH is 1. The predicted octanol–water partition coefficient (Wildman–Crippen LogP) is 4.08. The topological polar surface area (TPSA) is 76.1 Å². The molecule has 1 aliphatic carbocycles. The highest BCUT2D eigenvalue weighted by Crippen LogP contribution is 2.36. The van der Waals surface area contributed by atoms with Gasteiger partial charge in [0.15, 0.2) is 0 Å². The third kappa shape index (κ3) is 6.86. The van der Waals surface area contributed by atoms with E-state index >= 15 is 0 Å². The van der Waals surface area contributed by atoms with E-state index in [1.807, 2.05) is 4.90 Å². The first-order valence-electron chi connectivity index (χ1n) is 15.8. The van der Waals surface area contributed by atoms with Crippen LogP contribution in [0, 0.1) is 5.92 Å². The number of piperazine rings is 1. The molecule has 2 amide bonds. The average Bonchev–Trinajstić information content (AvgIpc) is 2.96. The molecule has 1 unspecified atom stereocenters. The third-order valence-corrected chi connectivity index (χ3v) is 9.91. The molecular formula is C32H50N4O3. The molecule has 1 atom stereocenters. The molecular weight excluding hydrogens is 488 g/mol. The average molecular weight is 539 g/mol. The minimum Gasteiger partial charge on any atom is -0.393 e. The van der Waals surface area contributed by atoms with E-state index in [0.29, 0.717) is 25.3 Å². The molecule has 3 aliphatic heterocycles. The molecule has 2 N–H and O–H groups in total. The van der Waals surface area contributed by atoms with Crippen molar-refractivity contribution in [2.24, 2.45) is 5.92 Å². The van der Waals surface area contributed by atoms with Crippen molar-refractivity contribution < 1.29 is 14.7 Å². The van der Waals surface area contributed by atoms with Gasteiger partial charge in [-0.05, 0) is 55.6 Å². The summed E-state index contributed by atoms with van der Waals surface area (Å²) in [6.45, 7) is 8.25. The van der Waals surface area contributed by atoms with E-state index in [2.05, 4.69) is 46.3 Å². The molecule has 3 saturated heterocycles. The summed E-state index contributed by atoms with van der Waals surface area (Å²) in [6.07, 6.45) is 12.0. The Bertz CT molecular complexity index is 945. The van der Waals surface area contributed by atoms with Crippen LogP contribution in [0.1, 0.15) is 95.1 Å². The van der Waals surface area contributed by atoms with Crippen LogP contribution in [-0.2, 0) is 22.7 Å². The molecule has 7 heteroatoms. The zero-order chi connectivity index (χ0) is 27.2. The lowest BCUT2D eigenvalue weighted by molar-refractivity contribution is -0.162. The van der Waals surface area contributed by atoms with Crippen LogP contribution in [0.5, 0.6) is 0 Å². The molecule has 1 spiro atoms. The molecule has 0 radical (unpaired) electrons. The second kappa shape index (κ2) is 13.1. The number of piperidine rings is 2. The lowest BCUT2D eigenvalue weighted by Crippen LogP contribution is -2.73. The summed E-state index contributed by atoms with van der Waals surface area (Å²) >= 11 is 0. The molecule has 39 heavy (non-hydrogen) atoms. The molecule has 7 nitrogen and oxygen atoms in total. The van der Waals surface area contributed by atoms with E-state index in [9.17, 15) is 14.7 Å². The van der Waals surface area contributed by atoms with Crippen molar-refractivity contribution in [3.05, 3.63) is 35.4 Å². The number of amides is 2. The van der Waals surface area contributed by atoms with Crippen molar-refractivity contribution in [2.75, 3.05) is 32.7 Å². The Balaban J connectivity index is 1.17. The number of likely N-dealkylation sites (tertiary alicyclic amines) is 2. The van der Waals surface area contributed by atoms with Crippen LogP contribution in [0.2, 0.25) is 0 Å². The summed E-state index contributed by atoms with van der Waals surface area (Å²) < 4.78 is 0. The number of carbonyl (C=O) groups is 2. The summed E-state index contributed by atoms with van der Waals surface area (Å²) in [5, 5.41) is 13.0. The van der Waals surface area contributed by atoms with Crippen LogP contribution in [0.4, 0.5) is 0 Å². The van der Waals surface area contributed by atoms with Gasteiger partial charge in [0.2, 0.25) is 11.8 Å². The first-order valence-corrected chi connectivity index (χ1v) is 15.8. The summed E-state index contributed by atoms with van der Waals surface area (Å²) in [6, 6.07) is 8.60. The van der Waals surface area contributed by atoms with Crippen molar-refractivity contribution in [3.8, 4) is 0 Å². The Morgan fingerprint density at radius 3 is 2.05 bits per heavy atom. The van der Waals surface area contributed by atoms with Crippen LogP contribution in [0.15, 0.2) is 24.3 Å². The Hall–Kier alpha value is -1.96. The Morgan fingerprint density at radius 2 is 1.46 bits per heavy atom. The van der Waals surface area contributed by atoms with Gasteiger partial charge in [0.25, 0.3) is 0 Å². The zero-order valence-corrected chi connectivity index (χ0v) is 24.1. The zero-order valence-electron chi connectivity index (χ0n) is 24.1. The van der Waals surface area contributed by atoms with Crippen LogP contribution >= 0.6 is 0 Å². The number of rotatable bonds is 9. The van der Waals surface area contributed by atoms with Crippen LogP contribution in [-0.4, -0.2) is 82.0 Å². The summed E-state index contributed by atoms with van der Waals surface area (Å²) in [5.41, 5.74) is 1.93. The summed E-state index contributed by atoms with van der Waals surface area (Å²) in [5.74, 6) is 0.824. The van der Waals surface area contributed by atoms with Crippen LogP contribution in [0.25, 0.3) is 0 Å². The van der Waals surface area contributed by atoms with Crippen molar-refractivity contribution in [3.63, 3.8) is 0 Å². The lowest BCUT2D eigenvalue weighted by atomic mass is 9.79. The Labute approximate surface area is 235 Å². The van der Waals surface area contributed by atoms with Gasteiger partial charge >= 0.3 is 0 Å². The number of nitrogens with one attached hydrogen (secondary N) is 1. The first kappa shape index (κ1) is 28.6. The molecule has 1 aromatic carbocycles. The molecule has 4 aliphatic rings. The molecule has 0 bridgehead atoms. The number of carbonyl (C=O) groups excluding carboxylic acids is 2. The summed E-state index contributed by atoms with van der Waals surface area (Å²) in [7, 11) is 0. The van der Waals surface area contributed by atoms with Crippen LogP contribution in [0.3, 0.4) is 0 Å². The number of nitrogens with zero attached hydrogens (tertiary/aromatic N) is 3. The summed E-state index contributed by atoms with van der Waals surface area (Å²) in [4.78, 5) is 34.3. The Kier molecular flexibility index (Phi) is 9.62. The van der Waals surface area contributed by atoms with E-state index in [4.69, 9.17) is 0 Å². The maximum atomic E-state index is 13.8. The molecule has 216 valence electrons. The Morgan fingerprint density at radius 1 is 0.872 bits per heavy atom. The molecule has 0 aromatic heterocycles. The highest BCUT2D eigenvalue weighted by Gasteiger charge is 2.53. The minimum absolute atomic E-state index is 0.0910. The van der Waals surface area contributed by atoms with Crippen molar-refractivity contribution in [1.29, 1.82) is 0 Å². The standard InChI is InChI=1S/C32H50N4O3/c1-2-3-17-36-30(38)29(22-25-7-5-4-6-8-25)33-31(39)32(36)15-20-35(21-16-32)24-27-11-9-26(10-12-27)23-34-18-13-28(37)14-19-34/h9-12,25,28-29,37H,2-8,13-24H2,1H3,(H,33,39). The smallest absolute Gasteiger partial charge is 0.246 e. The quantitative estimate of drug-likeness (QED) is 0.496. The van der Waals surface area contributed by atoms with E-state index in [-0.39, 0.29) is 24.0 Å². The fraction of sp³-hybridized carbons (Fsp3) is 0.750. The molecule has 1 saturated carbocycles. The number of unbranched alkanes of at least 4 members (excludes halogenated alkanes) is 1. The van der Waals surface area contributed by atoms with Gasteiger partial charge in [-0.1, -0.05) is 69.7 Å². The SMILES string of the molecule is CCCCN1C(=O)C(CC2CCCCC2)NC(=O)C12CCN(Cc1ccc(CN3CCC(O)CC3)cc1)CC2. The normalized spacial score (nSPS) is 25.8. The number of aliphatic hydroxyl groups is 1. The highest BCUT2D eigenvalue weighted by molar-refractivity contribution is 6.00. The number of benzene rings is 1. The second-order valence-corrected chi connectivity index (χ2v) is 12.7. The van der Waals surface area contributed by atoms with Gasteiger partial charge in [-0.25, -0.2) is 0 Å². The maximum Gasteiger partial charge on any atom is 0.246 e. The van der Waals surface area contributed by atoms with Crippen molar-refractivity contribution in [2.45, 2.75) is 115 Å². The van der Waals surface area contributed by atoms with Gasteiger partial charge in [-0.3, -0.25) is 19.4 Å². The van der Waals surface area contributed by atoms with Crippen LogP contribution < -0.4 is 5.32 Å². The van der Waals surface area contributed by atoms with Gasteiger partial charge in [0.05, 0.1) is 6.10 Å². The number of hydrogen-bond donors (Lipinski definition) is 2. The second-order valence-electron chi connectivity index (χ2n) is 12.7. The molecule has 5 rings (SSSR count). The molecule has 3 heterocycles. The largest absolute Gasteiger partial charge is 0.393 e. The first-order chi connectivity index (χ1) is 19.0. The van der Waals surface area contributed by atoms with Gasteiger partial charge in [0.1, 0.15) is 11.6 Å². The fourth-order valence-electron chi connectivity index (χ4n) is 7.35. The maximum absolute atomic E-state index is 13.8. The third-order valence-electron chi connectivity index (χ3n) is 9.91. The van der Waals surface area contributed by atoms with E-state index in [1.165, 1.54) is 43.2 Å². The molecule has 1 aromatic rings. The fourth-order valence-corrected chi connectivity index (χ4v) is 7.35. The lowest BCUT2D eigenvalue weighted by Gasteiger charge is -2.52. The highest BCUT2D eigenvalue weighted by atomic mass is 16.3. The van der Waals surface area contributed by atoms with E-state index in [1.54, 1.807) is 0 Å². The number of hydrogen-bond acceptors (Lipinski definition) is 5. The monoisotopic (exact) mass is 538 g/mol. The van der Waals surface area contributed by atoms with Crippen molar-refractivity contribution in [1.82, 2.24) is 20.0 Å². The van der Waals surface area contributed by atoms with E-state index in [0.717, 1.165) is 71.4 Å². The van der Waals surface area contributed by atoms with E-state index < -0.39 is 5.54 Å². The van der Waals surface area contributed by atoms with Gasteiger partial charge in [0, 0.05) is 45.8 Å². The van der Waals surface area contributed by atoms with Gasteiger partial charge in [-0.2, -0.15) is 0 Å². The predicted molar refractivity (Wildman–Crippen MR) is 154 cm³/mol.